The van der Waals surface area contributed by atoms with E-state index in [2.05, 4.69) is 6.92 Å². The number of unbranched alkanes of at least 4 members (excludes halogenated alkanes) is 7. The molecule has 0 aliphatic rings. The molecule has 0 unspecified atom stereocenters. The lowest BCUT2D eigenvalue weighted by molar-refractivity contribution is -0.142. The third kappa shape index (κ3) is 16.2. The quantitative estimate of drug-likeness (QED) is 0.215. The molecule has 0 aromatic rings. The van der Waals surface area contributed by atoms with Crippen LogP contribution < -0.4 is 0 Å². The van der Waals surface area contributed by atoms with Gasteiger partial charge in [-0.1, -0.05) is 80.4 Å². The highest BCUT2D eigenvalue weighted by molar-refractivity contribution is 8.76. The second-order valence-corrected chi connectivity index (χ2v) is 7.79. The molecule has 0 aliphatic carbocycles. The van der Waals surface area contributed by atoms with Crippen LogP contribution in [0.15, 0.2) is 0 Å². The second kappa shape index (κ2) is 17.2. The first-order valence-corrected chi connectivity index (χ1v) is 10.7. The van der Waals surface area contributed by atoms with Crippen molar-refractivity contribution in [2.45, 2.75) is 78.1 Å². The van der Waals surface area contributed by atoms with E-state index in [-0.39, 0.29) is 5.97 Å². The molecule has 0 N–H and O–H groups in total. The van der Waals surface area contributed by atoms with E-state index in [1.165, 1.54) is 57.1 Å². The highest BCUT2D eigenvalue weighted by Gasteiger charge is 2.00. The van der Waals surface area contributed by atoms with Crippen molar-refractivity contribution in [3.05, 3.63) is 0 Å². The standard InChI is InChI=1S/C16H32O2S2/c1-3-5-6-7-8-9-10-11-14-19-20-15-13-18-16(17)12-4-2/h3-15H2,1-2H3. The van der Waals surface area contributed by atoms with E-state index < -0.39 is 0 Å². The van der Waals surface area contributed by atoms with Crippen LogP contribution in [0.4, 0.5) is 0 Å². The van der Waals surface area contributed by atoms with E-state index in [4.69, 9.17) is 4.74 Å². The summed E-state index contributed by atoms with van der Waals surface area (Å²) in [4.78, 5) is 11.1. The van der Waals surface area contributed by atoms with Crippen LogP contribution in [0.1, 0.15) is 78.1 Å². The summed E-state index contributed by atoms with van der Waals surface area (Å²) < 4.78 is 5.10. The summed E-state index contributed by atoms with van der Waals surface area (Å²) in [7, 11) is 3.74. The number of rotatable bonds is 15. The zero-order valence-corrected chi connectivity index (χ0v) is 15.0. The van der Waals surface area contributed by atoms with E-state index in [0.29, 0.717) is 13.0 Å². The van der Waals surface area contributed by atoms with Crippen molar-refractivity contribution >= 4 is 27.6 Å². The lowest BCUT2D eigenvalue weighted by Crippen LogP contribution is -2.06. The topological polar surface area (TPSA) is 26.3 Å². The molecule has 0 rings (SSSR count). The van der Waals surface area contributed by atoms with Gasteiger partial charge in [0.2, 0.25) is 0 Å². The molecule has 0 radical (unpaired) electrons. The lowest BCUT2D eigenvalue weighted by atomic mass is 10.1. The summed E-state index contributed by atoms with van der Waals surface area (Å²) >= 11 is 0. The molecule has 0 saturated carbocycles. The second-order valence-electron chi connectivity index (χ2n) is 5.09. The molecule has 0 aromatic carbocycles. The van der Waals surface area contributed by atoms with E-state index >= 15 is 0 Å². The van der Waals surface area contributed by atoms with Gasteiger partial charge < -0.3 is 4.74 Å². The maximum absolute atomic E-state index is 11.1. The van der Waals surface area contributed by atoms with Gasteiger partial charge in [0.1, 0.15) is 6.61 Å². The minimum atomic E-state index is -0.0545. The predicted octanol–water partition coefficient (Wildman–Crippen LogP) is 5.85. The fourth-order valence-electron chi connectivity index (χ4n) is 1.88. The summed E-state index contributed by atoms with van der Waals surface area (Å²) in [6.45, 7) is 4.82. The molecule has 0 fully saturated rings. The molecule has 0 saturated heterocycles. The maximum atomic E-state index is 11.1. The minimum absolute atomic E-state index is 0.0545. The Morgan fingerprint density at radius 3 is 2.05 bits per heavy atom. The van der Waals surface area contributed by atoms with E-state index in [1.807, 2.05) is 28.5 Å². The Labute approximate surface area is 133 Å². The number of hydrogen-bond donors (Lipinski definition) is 0. The number of hydrogen-bond acceptors (Lipinski definition) is 4. The van der Waals surface area contributed by atoms with Crippen molar-refractivity contribution in [3.63, 3.8) is 0 Å². The molecule has 0 aromatic heterocycles. The summed E-state index contributed by atoms with van der Waals surface area (Å²) in [5.41, 5.74) is 0. The molecule has 0 spiro atoms. The van der Waals surface area contributed by atoms with Crippen molar-refractivity contribution in [1.82, 2.24) is 0 Å². The largest absolute Gasteiger partial charge is 0.465 e. The zero-order valence-electron chi connectivity index (χ0n) is 13.3. The van der Waals surface area contributed by atoms with Crippen LogP contribution in [-0.4, -0.2) is 24.1 Å². The molecule has 20 heavy (non-hydrogen) atoms. The van der Waals surface area contributed by atoms with Crippen molar-refractivity contribution in [3.8, 4) is 0 Å². The van der Waals surface area contributed by atoms with Gasteiger partial charge in [0.25, 0.3) is 0 Å². The Bertz CT molecular complexity index is 211. The van der Waals surface area contributed by atoms with Crippen LogP contribution >= 0.6 is 21.6 Å². The van der Waals surface area contributed by atoms with Crippen molar-refractivity contribution in [2.75, 3.05) is 18.1 Å². The number of esters is 1. The number of ether oxygens (including phenoxy) is 1. The first-order chi connectivity index (χ1) is 9.81. The van der Waals surface area contributed by atoms with Crippen LogP contribution in [0.3, 0.4) is 0 Å². The van der Waals surface area contributed by atoms with Crippen LogP contribution in [0, 0.1) is 0 Å². The van der Waals surface area contributed by atoms with Gasteiger partial charge in [-0.05, 0) is 12.8 Å². The van der Waals surface area contributed by atoms with Gasteiger partial charge in [0, 0.05) is 17.9 Å². The fourth-order valence-corrected chi connectivity index (χ4v) is 3.85. The summed E-state index contributed by atoms with van der Waals surface area (Å²) in [5.74, 6) is 2.08. The molecule has 0 heterocycles. The Hall–Kier alpha value is 0.170. The third-order valence-electron chi connectivity index (χ3n) is 3.05. The maximum Gasteiger partial charge on any atom is 0.305 e. The van der Waals surface area contributed by atoms with Crippen molar-refractivity contribution in [2.24, 2.45) is 0 Å². The SMILES string of the molecule is CCCCCCCCCCSSCCOC(=O)CCC. The molecule has 4 heteroatoms. The van der Waals surface area contributed by atoms with Crippen molar-refractivity contribution in [1.29, 1.82) is 0 Å². The van der Waals surface area contributed by atoms with Gasteiger partial charge in [0.15, 0.2) is 0 Å². The van der Waals surface area contributed by atoms with E-state index in [1.54, 1.807) is 0 Å². The molecule has 0 amide bonds. The van der Waals surface area contributed by atoms with Crippen molar-refractivity contribution < 1.29 is 9.53 Å². The van der Waals surface area contributed by atoms with Gasteiger partial charge in [-0.2, -0.15) is 0 Å². The summed E-state index contributed by atoms with van der Waals surface area (Å²) in [5, 5.41) is 0. The molecular formula is C16H32O2S2. The van der Waals surface area contributed by atoms with Crippen LogP contribution in [0.2, 0.25) is 0 Å². The van der Waals surface area contributed by atoms with Gasteiger partial charge in [-0.15, -0.1) is 0 Å². The smallest absolute Gasteiger partial charge is 0.305 e. The summed E-state index contributed by atoms with van der Waals surface area (Å²) in [6, 6.07) is 0. The monoisotopic (exact) mass is 320 g/mol. The van der Waals surface area contributed by atoms with E-state index in [9.17, 15) is 4.79 Å². The van der Waals surface area contributed by atoms with E-state index in [0.717, 1.165) is 12.2 Å². The predicted molar refractivity (Wildman–Crippen MR) is 93.4 cm³/mol. The molecule has 120 valence electrons. The molecular weight excluding hydrogens is 288 g/mol. The number of carbonyl (C=O) groups is 1. The summed E-state index contributed by atoms with van der Waals surface area (Å²) in [6.07, 6.45) is 12.5. The Kier molecular flexibility index (Phi) is 17.4. The first kappa shape index (κ1) is 20.2. The highest BCUT2D eigenvalue weighted by atomic mass is 33.1. The first-order valence-electron chi connectivity index (χ1n) is 8.21. The third-order valence-corrected chi connectivity index (χ3v) is 5.50. The van der Waals surface area contributed by atoms with Gasteiger partial charge in [-0.3, -0.25) is 4.79 Å². The normalized spacial score (nSPS) is 10.7. The Morgan fingerprint density at radius 1 is 0.800 bits per heavy atom. The average molecular weight is 321 g/mol. The minimum Gasteiger partial charge on any atom is -0.465 e. The zero-order chi connectivity index (χ0) is 14.9. The Balaban J connectivity index is 3.01. The highest BCUT2D eigenvalue weighted by Crippen LogP contribution is 2.22. The number of carbonyl (C=O) groups excluding carboxylic acids is 1. The van der Waals surface area contributed by atoms with Crippen LogP contribution in [0.25, 0.3) is 0 Å². The van der Waals surface area contributed by atoms with Gasteiger partial charge in [-0.25, -0.2) is 0 Å². The van der Waals surface area contributed by atoms with Gasteiger partial charge >= 0.3 is 5.97 Å². The van der Waals surface area contributed by atoms with Crippen LogP contribution in [-0.2, 0) is 9.53 Å². The van der Waals surface area contributed by atoms with Crippen LogP contribution in [0.5, 0.6) is 0 Å². The molecule has 0 bridgehead atoms. The lowest BCUT2D eigenvalue weighted by Gasteiger charge is -2.04. The fraction of sp³-hybridized carbons (Fsp3) is 0.938. The molecule has 2 nitrogen and oxygen atoms in total. The van der Waals surface area contributed by atoms with Gasteiger partial charge in [0.05, 0.1) is 0 Å². The molecule has 0 aliphatic heterocycles. The molecule has 0 atom stereocenters. The Morgan fingerprint density at radius 2 is 1.40 bits per heavy atom. The average Bonchev–Trinajstić information content (AvgIpc) is 2.44.